The number of hydrogen-bond acceptors (Lipinski definition) is 2. The maximum atomic E-state index is 5.40. The Balaban J connectivity index is 2.25. The van der Waals surface area contributed by atoms with Crippen LogP contribution in [0.3, 0.4) is 0 Å². The average molecular weight is 191 g/mol. The van der Waals surface area contributed by atoms with Crippen LogP contribution in [0.5, 0.6) is 0 Å². The minimum Gasteiger partial charge on any atom is -0.327 e. The molecule has 0 bridgehead atoms. The van der Waals surface area contributed by atoms with E-state index >= 15 is 0 Å². The summed E-state index contributed by atoms with van der Waals surface area (Å²) in [6, 6.07) is 6.63. The van der Waals surface area contributed by atoms with Gasteiger partial charge in [-0.3, -0.25) is 0 Å². The SMILES string of the molecule is NC/C=C/c1ccc2c(c1)CCS2. The van der Waals surface area contributed by atoms with Crippen molar-refractivity contribution in [3.05, 3.63) is 35.4 Å². The molecule has 0 aromatic heterocycles. The normalized spacial score (nSPS) is 15.2. The number of benzene rings is 1. The van der Waals surface area contributed by atoms with Gasteiger partial charge in [0.05, 0.1) is 0 Å². The minimum absolute atomic E-state index is 0.617. The van der Waals surface area contributed by atoms with Gasteiger partial charge in [0.15, 0.2) is 0 Å². The summed E-state index contributed by atoms with van der Waals surface area (Å²) < 4.78 is 0. The number of rotatable bonds is 2. The van der Waals surface area contributed by atoms with E-state index in [1.165, 1.54) is 28.2 Å². The molecule has 2 heteroatoms. The van der Waals surface area contributed by atoms with Crippen LogP contribution in [0.2, 0.25) is 0 Å². The molecule has 0 aliphatic carbocycles. The third-order valence-electron chi connectivity index (χ3n) is 2.16. The Kier molecular flexibility index (Phi) is 2.71. The molecule has 0 saturated carbocycles. The lowest BCUT2D eigenvalue weighted by Crippen LogP contribution is -1.92. The smallest absolute Gasteiger partial charge is 0.0110 e. The molecule has 0 unspecified atom stereocenters. The zero-order chi connectivity index (χ0) is 9.10. The van der Waals surface area contributed by atoms with Crippen molar-refractivity contribution in [2.24, 2.45) is 5.73 Å². The zero-order valence-electron chi connectivity index (χ0n) is 7.49. The summed E-state index contributed by atoms with van der Waals surface area (Å²) in [4.78, 5) is 1.45. The van der Waals surface area contributed by atoms with Gasteiger partial charge < -0.3 is 5.73 Å². The van der Waals surface area contributed by atoms with Gasteiger partial charge in [0.1, 0.15) is 0 Å². The van der Waals surface area contributed by atoms with Gasteiger partial charge in [0, 0.05) is 17.2 Å². The Bertz CT molecular complexity index is 331. The van der Waals surface area contributed by atoms with E-state index in [0.717, 1.165) is 0 Å². The lowest BCUT2D eigenvalue weighted by atomic mass is 10.1. The van der Waals surface area contributed by atoms with Gasteiger partial charge in [0.25, 0.3) is 0 Å². The third kappa shape index (κ3) is 1.95. The molecule has 0 atom stereocenters. The molecule has 1 aliphatic heterocycles. The maximum absolute atomic E-state index is 5.40. The Morgan fingerprint density at radius 1 is 1.46 bits per heavy atom. The van der Waals surface area contributed by atoms with Gasteiger partial charge >= 0.3 is 0 Å². The molecular weight excluding hydrogens is 178 g/mol. The highest BCUT2D eigenvalue weighted by Crippen LogP contribution is 2.31. The number of thioether (sulfide) groups is 1. The number of nitrogens with two attached hydrogens (primary N) is 1. The first-order valence-electron chi connectivity index (χ1n) is 4.52. The molecule has 0 spiro atoms. The van der Waals surface area contributed by atoms with Crippen LogP contribution in [0.1, 0.15) is 11.1 Å². The van der Waals surface area contributed by atoms with E-state index in [1.807, 2.05) is 17.8 Å². The van der Waals surface area contributed by atoms with Crippen LogP contribution in [0.15, 0.2) is 29.2 Å². The van der Waals surface area contributed by atoms with Crippen molar-refractivity contribution in [2.45, 2.75) is 11.3 Å². The van der Waals surface area contributed by atoms with Crippen LogP contribution in [-0.2, 0) is 6.42 Å². The van der Waals surface area contributed by atoms with Crippen molar-refractivity contribution in [2.75, 3.05) is 12.3 Å². The molecular formula is C11H13NS. The molecule has 0 amide bonds. The van der Waals surface area contributed by atoms with Gasteiger partial charge in [-0.15, -0.1) is 11.8 Å². The summed E-state index contributed by atoms with van der Waals surface area (Å²) in [6.07, 6.45) is 5.29. The predicted octanol–water partition coefficient (Wildman–Crippen LogP) is 2.31. The monoisotopic (exact) mass is 191 g/mol. The van der Waals surface area contributed by atoms with E-state index in [2.05, 4.69) is 24.3 Å². The molecule has 13 heavy (non-hydrogen) atoms. The molecule has 0 saturated heterocycles. The largest absolute Gasteiger partial charge is 0.327 e. The van der Waals surface area contributed by atoms with Crippen molar-refractivity contribution in [1.29, 1.82) is 0 Å². The Morgan fingerprint density at radius 3 is 3.23 bits per heavy atom. The summed E-state index contributed by atoms with van der Waals surface area (Å²) in [5.41, 5.74) is 8.16. The summed E-state index contributed by atoms with van der Waals surface area (Å²) >= 11 is 1.95. The lowest BCUT2D eigenvalue weighted by molar-refractivity contribution is 1.14. The Hall–Kier alpha value is -0.730. The van der Waals surface area contributed by atoms with Crippen LogP contribution >= 0.6 is 11.8 Å². The van der Waals surface area contributed by atoms with E-state index in [4.69, 9.17) is 5.73 Å². The molecule has 1 aromatic rings. The van der Waals surface area contributed by atoms with Gasteiger partial charge in [-0.1, -0.05) is 24.3 Å². The second-order valence-electron chi connectivity index (χ2n) is 3.10. The molecule has 1 heterocycles. The topological polar surface area (TPSA) is 26.0 Å². The summed E-state index contributed by atoms with van der Waals surface area (Å²) in [5.74, 6) is 1.24. The van der Waals surface area contributed by atoms with Crippen molar-refractivity contribution in [1.82, 2.24) is 0 Å². The first-order chi connectivity index (χ1) is 6.40. The average Bonchev–Trinajstić information content (AvgIpc) is 2.61. The highest BCUT2D eigenvalue weighted by molar-refractivity contribution is 7.99. The Labute approximate surface area is 83.0 Å². The van der Waals surface area contributed by atoms with E-state index in [9.17, 15) is 0 Å². The highest BCUT2D eigenvalue weighted by atomic mass is 32.2. The van der Waals surface area contributed by atoms with Gasteiger partial charge in [-0.25, -0.2) is 0 Å². The number of hydrogen-bond donors (Lipinski definition) is 1. The zero-order valence-corrected chi connectivity index (χ0v) is 8.31. The second kappa shape index (κ2) is 3.99. The molecule has 68 valence electrons. The highest BCUT2D eigenvalue weighted by Gasteiger charge is 2.10. The maximum Gasteiger partial charge on any atom is 0.0110 e. The van der Waals surface area contributed by atoms with Crippen LogP contribution in [0, 0.1) is 0 Å². The van der Waals surface area contributed by atoms with E-state index in [1.54, 1.807) is 0 Å². The van der Waals surface area contributed by atoms with Crippen molar-refractivity contribution >= 4 is 17.8 Å². The van der Waals surface area contributed by atoms with E-state index < -0.39 is 0 Å². The molecule has 2 N–H and O–H groups in total. The Morgan fingerprint density at radius 2 is 2.38 bits per heavy atom. The predicted molar refractivity (Wildman–Crippen MR) is 59.0 cm³/mol. The fourth-order valence-corrected chi connectivity index (χ4v) is 2.57. The molecule has 1 aliphatic rings. The molecule has 0 fully saturated rings. The van der Waals surface area contributed by atoms with Crippen LogP contribution in [-0.4, -0.2) is 12.3 Å². The number of fused-ring (bicyclic) bond motifs is 1. The van der Waals surface area contributed by atoms with Crippen LogP contribution in [0.4, 0.5) is 0 Å². The molecule has 2 rings (SSSR count). The van der Waals surface area contributed by atoms with Gasteiger partial charge in [-0.05, 0) is 23.6 Å². The lowest BCUT2D eigenvalue weighted by Gasteiger charge is -1.99. The summed E-state index contributed by atoms with van der Waals surface area (Å²) in [6.45, 7) is 0.617. The molecule has 1 aromatic carbocycles. The van der Waals surface area contributed by atoms with Crippen molar-refractivity contribution in [3.63, 3.8) is 0 Å². The van der Waals surface area contributed by atoms with Crippen LogP contribution in [0.25, 0.3) is 6.08 Å². The van der Waals surface area contributed by atoms with E-state index in [0.29, 0.717) is 6.54 Å². The van der Waals surface area contributed by atoms with Crippen molar-refractivity contribution < 1.29 is 0 Å². The number of aryl methyl sites for hydroxylation is 1. The van der Waals surface area contributed by atoms with Crippen molar-refractivity contribution in [3.8, 4) is 0 Å². The summed E-state index contributed by atoms with van der Waals surface area (Å²) in [5, 5.41) is 0. The quantitative estimate of drug-likeness (QED) is 0.776. The van der Waals surface area contributed by atoms with Crippen LogP contribution < -0.4 is 5.73 Å². The summed E-state index contributed by atoms with van der Waals surface area (Å²) in [7, 11) is 0. The standard InChI is InChI=1S/C11H13NS/c12-6-1-2-9-3-4-11-10(8-9)5-7-13-11/h1-4,8H,5-7,12H2/b2-1+. The fourth-order valence-electron chi connectivity index (χ4n) is 1.51. The molecule has 1 nitrogen and oxygen atoms in total. The van der Waals surface area contributed by atoms with E-state index in [-0.39, 0.29) is 0 Å². The second-order valence-corrected chi connectivity index (χ2v) is 4.24. The minimum atomic E-state index is 0.617. The van der Waals surface area contributed by atoms with Gasteiger partial charge in [-0.2, -0.15) is 0 Å². The first-order valence-corrected chi connectivity index (χ1v) is 5.51. The molecule has 0 radical (unpaired) electrons. The first kappa shape index (κ1) is 8.85. The van der Waals surface area contributed by atoms with Gasteiger partial charge in [0.2, 0.25) is 0 Å². The third-order valence-corrected chi connectivity index (χ3v) is 3.28. The fraction of sp³-hybridized carbons (Fsp3) is 0.273.